The highest BCUT2D eigenvalue weighted by molar-refractivity contribution is 5.94. The molecule has 2 aliphatic rings. The molecule has 4 nitrogen and oxygen atoms in total. The smallest absolute Gasteiger partial charge is 0.253 e. The molecule has 3 rings (SSSR count). The molecule has 2 unspecified atom stereocenters. The van der Waals surface area contributed by atoms with Crippen LogP contribution in [0.3, 0.4) is 0 Å². The second-order valence-corrected chi connectivity index (χ2v) is 8.23. The van der Waals surface area contributed by atoms with E-state index in [1.807, 2.05) is 29.2 Å². The molecule has 0 spiro atoms. The van der Waals surface area contributed by atoms with Gasteiger partial charge in [-0.3, -0.25) is 4.79 Å². The van der Waals surface area contributed by atoms with Crippen LogP contribution in [0, 0.1) is 11.8 Å². The first-order valence-corrected chi connectivity index (χ1v) is 11.0. The van der Waals surface area contributed by atoms with Crippen molar-refractivity contribution in [3.63, 3.8) is 0 Å². The Morgan fingerprint density at radius 3 is 2.30 bits per heavy atom. The zero-order chi connectivity index (χ0) is 19.1. The summed E-state index contributed by atoms with van der Waals surface area (Å²) in [5, 5.41) is 0. The normalized spacial score (nSPS) is 22.0. The lowest BCUT2D eigenvalue weighted by Gasteiger charge is -2.21. The number of ether oxygens (including phenoxy) is 1. The lowest BCUT2D eigenvalue weighted by atomic mass is 10.0. The summed E-state index contributed by atoms with van der Waals surface area (Å²) in [6.07, 6.45) is 7.38. The second kappa shape index (κ2) is 10.1. The molecular weight excluding hydrogens is 336 g/mol. The van der Waals surface area contributed by atoms with Crippen LogP contribution in [-0.2, 0) is 0 Å². The van der Waals surface area contributed by atoms with Gasteiger partial charge in [0.25, 0.3) is 5.91 Å². The number of likely N-dealkylation sites (tertiary alicyclic amines) is 1. The highest BCUT2D eigenvalue weighted by atomic mass is 16.5. The SMILES string of the molecule is CCCN(CCC)C(=O)c1ccc(OCCCN2CC3CCCC3C2)cc1. The molecule has 150 valence electrons. The van der Waals surface area contributed by atoms with Crippen molar-refractivity contribution in [1.29, 1.82) is 0 Å². The van der Waals surface area contributed by atoms with E-state index >= 15 is 0 Å². The zero-order valence-corrected chi connectivity index (χ0v) is 17.2. The third-order valence-corrected chi connectivity index (χ3v) is 6.06. The molecule has 1 aromatic carbocycles. The van der Waals surface area contributed by atoms with Gasteiger partial charge in [-0.15, -0.1) is 0 Å². The van der Waals surface area contributed by atoms with E-state index in [9.17, 15) is 4.79 Å². The van der Waals surface area contributed by atoms with Gasteiger partial charge in [0.15, 0.2) is 0 Å². The van der Waals surface area contributed by atoms with Crippen LogP contribution in [0.5, 0.6) is 5.75 Å². The third-order valence-electron chi connectivity index (χ3n) is 6.06. The summed E-state index contributed by atoms with van der Waals surface area (Å²) < 4.78 is 5.90. The molecule has 1 saturated heterocycles. The van der Waals surface area contributed by atoms with Gasteiger partial charge >= 0.3 is 0 Å². The van der Waals surface area contributed by atoms with Crippen LogP contribution in [0.15, 0.2) is 24.3 Å². The van der Waals surface area contributed by atoms with Crippen LogP contribution in [0.25, 0.3) is 0 Å². The quantitative estimate of drug-likeness (QED) is 0.569. The van der Waals surface area contributed by atoms with Crippen LogP contribution in [0.2, 0.25) is 0 Å². The molecule has 1 heterocycles. The van der Waals surface area contributed by atoms with E-state index < -0.39 is 0 Å². The highest BCUT2D eigenvalue weighted by Gasteiger charge is 2.35. The van der Waals surface area contributed by atoms with E-state index in [1.54, 1.807) is 0 Å². The summed E-state index contributed by atoms with van der Waals surface area (Å²) >= 11 is 0. The molecule has 2 fully saturated rings. The molecule has 27 heavy (non-hydrogen) atoms. The Bertz CT molecular complexity index is 569. The monoisotopic (exact) mass is 372 g/mol. The second-order valence-electron chi connectivity index (χ2n) is 8.23. The summed E-state index contributed by atoms with van der Waals surface area (Å²) in [5.41, 5.74) is 0.757. The zero-order valence-electron chi connectivity index (χ0n) is 17.2. The minimum absolute atomic E-state index is 0.129. The van der Waals surface area contributed by atoms with Gasteiger partial charge in [0.05, 0.1) is 6.61 Å². The molecule has 0 N–H and O–H groups in total. The molecule has 1 aliphatic heterocycles. The van der Waals surface area contributed by atoms with Crippen molar-refractivity contribution in [1.82, 2.24) is 9.80 Å². The first-order valence-electron chi connectivity index (χ1n) is 11.0. The van der Waals surface area contributed by atoms with E-state index in [4.69, 9.17) is 4.74 Å². The number of carbonyl (C=O) groups excluding carboxylic acids is 1. The summed E-state index contributed by atoms with van der Waals surface area (Å²) in [6.45, 7) is 10.4. The minimum Gasteiger partial charge on any atom is -0.494 e. The van der Waals surface area contributed by atoms with Crippen LogP contribution >= 0.6 is 0 Å². The summed E-state index contributed by atoms with van der Waals surface area (Å²) in [4.78, 5) is 17.2. The van der Waals surface area contributed by atoms with Gasteiger partial charge in [-0.05, 0) is 68.2 Å². The van der Waals surface area contributed by atoms with Crippen molar-refractivity contribution in [2.45, 2.75) is 52.4 Å². The van der Waals surface area contributed by atoms with E-state index in [0.717, 1.165) is 68.7 Å². The molecule has 4 heteroatoms. The fourth-order valence-electron chi connectivity index (χ4n) is 4.72. The molecule has 1 amide bonds. The van der Waals surface area contributed by atoms with Gasteiger partial charge in [0.1, 0.15) is 5.75 Å². The van der Waals surface area contributed by atoms with Crippen LogP contribution in [0.4, 0.5) is 0 Å². The Balaban J connectivity index is 1.39. The average Bonchev–Trinajstić information content (AvgIpc) is 3.27. The molecule has 1 saturated carbocycles. The van der Waals surface area contributed by atoms with Crippen molar-refractivity contribution >= 4 is 5.91 Å². The van der Waals surface area contributed by atoms with Gasteiger partial charge < -0.3 is 14.5 Å². The van der Waals surface area contributed by atoms with Gasteiger partial charge in [0, 0.05) is 38.3 Å². The summed E-state index contributed by atoms with van der Waals surface area (Å²) in [7, 11) is 0. The van der Waals surface area contributed by atoms with Crippen molar-refractivity contribution in [3.8, 4) is 5.75 Å². The largest absolute Gasteiger partial charge is 0.494 e. The van der Waals surface area contributed by atoms with Gasteiger partial charge in [-0.1, -0.05) is 20.3 Å². The molecule has 0 bridgehead atoms. The number of amides is 1. The third kappa shape index (κ3) is 5.47. The molecule has 0 aromatic heterocycles. The van der Waals surface area contributed by atoms with E-state index in [0.29, 0.717) is 0 Å². The molecular formula is C23H36N2O2. The van der Waals surface area contributed by atoms with E-state index in [-0.39, 0.29) is 5.91 Å². The first kappa shape index (κ1) is 20.2. The lowest BCUT2D eigenvalue weighted by molar-refractivity contribution is 0.0755. The van der Waals surface area contributed by atoms with Crippen LogP contribution in [-0.4, -0.2) is 55.0 Å². The number of benzene rings is 1. The fourth-order valence-corrected chi connectivity index (χ4v) is 4.72. The number of hydrogen-bond donors (Lipinski definition) is 0. The van der Waals surface area contributed by atoms with Crippen LogP contribution in [0.1, 0.15) is 62.7 Å². The van der Waals surface area contributed by atoms with Crippen LogP contribution < -0.4 is 4.74 Å². The summed E-state index contributed by atoms with van der Waals surface area (Å²) in [6, 6.07) is 7.67. The molecule has 1 aliphatic carbocycles. The first-order chi connectivity index (χ1) is 13.2. The van der Waals surface area contributed by atoms with Crippen molar-refractivity contribution in [2.75, 3.05) is 39.3 Å². The predicted molar refractivity (Wildman–Crippen MR) is 110 cm³/mol. The van der Waals surface area contributed by atoms with Gasteiger partial charge in [0.2, 0.25) is 0 Å². The van der Waals surface area contributed by atoms with Crippen molar-refractivity contribution < 1.29 is 9.53 Å². The molecule has 1 aromatic rings. The maximum Gasteiger partial charge on any atom is 0.253 e. The Hall–Kier alpha value is -1.55. The van der Waals surface area contributed by atoms with Crippen molar-refractivity contribution in [3.05, 3.63) is 29.8 Å². The number of nitrogens with zero attached hydrogens (tertiary/aromatic N) is 2. The Kier molecular flexibility index (Phi) is 7.57. The van der Waals surface area contributed by atoms with Gasteiger partial charge in [-0.2, -0.15) is 0 Å². The standard InChI is InChI=1S/C23H36N2O2/c1-3-13-25(14-4-2)23(26)19-9-11-22(12-10-19)27-16-6-15-24-17-20-7-5-8-21(20)18-24/h9-12,20-21H,3-8,13-18H2,1-2H3. The fraction of sp³-hybridized carbons (Fsp3) is 0.696. The minimum atomic E-state index is 0.129. The summed E-state index contributed by atoms with van der Waals surface area (Å²) in [5.74, 6) is 2.93. The Morgan fingerprint density at radius 2 is 1.70 bits per heavy atom. The number of hydrogen-bond acceptors (Lipinski definition) is 3. The molecule has 0 radical (unpaired) electrons. The van der Waals surface area contributed by atoms with Crippen molar-refractivity contribution in [2.24, 2.45) is 11.8 Å². The number of carbonyl (C=O) groups is 1. The number of rotatable bonds is 10. The molecule has 2 atom stereocenters. The topological polar surface area (TPSA) is 32.8 Å². The van der Waals surface area contributed by atoms with Gasteiger partial charge in [-0.25, -0.2) is 0 Å². The van der Waals surface area contributed by atoms with E-state index in [1.165, 1.54) is 32.4 Å². The Morgan fingerprint density at radius 1 is 1.07 bits per heavy atom. The highest BCUT2D eigenvalue weighted by Crippen LogP contribution is 2.37. The average molecular weight is 373 g/mol. The maximum absolute atomic E-state index is 12.6. The predicted octanol–water partition coefficient (Wildman–Crippen LogP) is 4.45. The maximum atomic E-state index is 12.6. The number of fused-ring (bicyclic) bond motifs is 1. The Labute approximate surface area is 164 Å². The van der Waals surface area contributed by atoms with E-state index in [2.05, 4.69) is 18.7 Å². The lowest BCUT2D eigenvalue weighted by Crippen LogP contribution is -2.32.